The summed E-state index contributed by atoms with van der Waals surface area (Å²) in [5.41, 5.74) is 0. The van der Waals surface area contributed by atoms with Gasteiger partial charge < -0.3 is 30.3 Å². The zero-order chi connectivity index (χ0) is 12.7. The molecule has 0 saturated carbocycles. The van der Waals surface area contributed by atoms with E-state index in [-0.39, 0.29) is 5.05 Å². The average Bonchev–Trinajstić information content (AvgIpc) is 2.31. The first-order chi connectivity index (χ1) is 7.45. The molecule has 0 aromatic carbocycles. The van der Waals surface area contributed by atoms with Crippen LogP contribution in [-0.2, 0) is 4.74 Å². The molecule has 0 aromatic heterocycles. The Kier molecular flexibility index (Phi) is 7.73. The molecule has 0 aliphatic rings. The highest BCUT2D eigenvalue weighted by atomic mass is 32.1. The van der Waals surface area contributed by atoms with E-state index in [2.05, 4.69) is 12.2 Å². The summed E-state index contributed by atoms with van der Waals surface area (Å²) >= 11 is 4.67. The molecule has 0 radical (unpaired) electrons. The number of rotatable bonds is 7. The molecule has 4 atom stereocenters. The van der Waals surface area contributed by atoms with E-state index < -0.39 is 31.0 Å². The molecule has 7 heteroatoms. The van der Waals surface area contributed by atoms with Crippen LogP contribution in [0, 0.1) is 0 Å². The number of ether oxygens (including phenoxy) is 1. The van der Waals surface area contributed by atoms with Crippen molar-refractivity contribution in [3.8, 4) is 0 Å². The standard InChI is InChI=1S/C9H18O6S/c1-2-3-15-9(16)8(14)7(13)6(12)5(11)4-10/h5-8,10-14H,2-4H2,1H3/t5-,6-,7+,8-/m1/s1. The summed E-state index contributed by atoms with van der Waals surface area (Å²) in [7, 11) is 0. The molecule has 0 bridgehead atoms. The molecule has 5 N–H and O–H groups in total. The van der Waals surface area contributed by atoms with E-state index in [1.54, 1.807) is 0 Å². The second-order valence-electron chi connectivity index (χ2n) is 3.34. The Hall–Kier alpha value is -0.310. The summed E-state index contributed by atoms with van der Waals surface area (Å²) in [4.78, 5) is 0. The lowest BCUT2D eigenvalue weighted by molar-refractivity contribution is -0.103. The van der Waals surface area contributed by atoms with Crippen LogP contribution in [0.1, 0.15) is 13.3 Å². The summed E-state index contributed by atoms with van der Waals surface area (Å²) in [5, 5.41) is 45.5. The van der Waals surface area contributed by atoms with E-state index in [0.717, 1.165) is 0 Å². The van der Waals surface area contributed by atoms with Crippen molar-refractivity contribution in [3.63, 3.8) is 0 Å². The maximum Gasteiger partial charge on any atom is 0.191 e. The quantitative estimate of drug-likeness (QED) is 0.340. The topological polar surface area (TPSA) is 110 Å². The Balaban J connectivity index is 4.25. The molecule has 0 aliphatic heterocycles. The van der Waals surface area contributed by atoms with Crippen LogP contribution in [0.2, 0.25) is 0 Å². The molecule has 0 unspecified atom stereocenters. The summed E-state index contributed by atoms with van der Waals surface area (Å²) in [5.74, 6) is 0. The van der Waals surface area contributed by atoms with E-state index in [0.29, 0.717) is 13.0 Å². The lowest BCUT2D eigenvalue weighted by Crippen LogP contribution is -2.48. The van der Waals surface area contributed by atoms with Crippen molar-refractivity contribution in [3.05, 3.63) is 0 Å². The molecule has 0 aliphatic carbocycles. The highest BCUT2D eigenvalue weighted by Crippen LogP contribution is 2.07. The van der Waals surface area contributed by atoms with E-state index in [1.165, 1.54) is 0 Å². The molecular weight excluding hydrogens is 236 g/mol. The fraction of sp³-hybridized carbons (Fsp3) is 0.889. The van der Waals surface area contributed by atoms with Crippen molar-refractivity contribution in [2.24, 2.45) is 0 Å². The molecular formula is C9H18O6S. The molecule has 6 nitrogen and oxygen atoms in total. The third kappa shape index (κ3) is 4.69. The predicted octanol–water partition coefficient (Wildman–Crippen LogP) is -1.82. The normalized spacial score (nSPS) is 18.6. The Morgan fingerprint density at radius 3 is 2.19 bits per heavy atom. The van der Waals surface area contributed by atoms with E-state index in [4.69, 9.17) is 14.9 Å². The second-order valence-corrected chi connectivity index (χ2v) is 3.75. The molecule has 0 fully saturated rings. The van der Waals surface area contributed by atoms with Crippen molar-refractivity contribution in [2.45, 2.75) is 37.8 Å². The van der Waals surface area contributed by atoms with Gasteiger partial charge in [-0.05, 0) is 18.6 Å². The number of thiocarbonyl (C=S) groups is 1. The van der Waals surface area contributed by atoms with Crippen molar-refractivity contribution in [2.75, 3.05) is 13.2 Å². The first-order valence-corrected chi connectivity index (χ1v) is 5.36. The van der Waals surface area contributed by atoms with Gasteiger partial charge in [0.1, 0.15) is 18.3 Å². The number of hydrogen-bond acceptors (Lipinski definition) is 7. The van der Waals surface area contributed by atoms with Crippen LogP contribution in [0.4, 0.5) is 0 Å². The van der Waals surface area contributed by atoms with Gasteiger partial charge in [0.15, 0.2) is 11.2 Å². The largest absolute Gasteiger partial charge is 0.484 e. The van der Waals surface area contributed by atoms with Crippen molar-refractivity contribution >= 4 is 17.3 Å². The SMILES string of the molecule is CCCOC(=S)[C@H](O)[C@@H](O)[C@H](O)[C@H](O)CO. The van der Waals surface area contributed by atoms with Crippen LogP contribution in [0.15, 0.2) is 0 Å². The monoisotopic (exact) mass is 254 g/mol. The summed E-state index contributed by atoms with van der Waals surface area (Å²) in [6.45, 7) is 1.41. The van der Waals surface area contributed by atoms with Gasteiger partial charge in [-0.15, -0.1) is 0 Å². The zero-order valence-electron chi connectivity index (χ0n) is 8.98. The molecule has 0 rings (SSSR count). The van der Waals surface area contributed by atoms with Crippen LogP contribution < -0.4 is 0 Å². The molecule has 16 heavy (non-hydrogen) atoms. The molecule has 0 aromatic rings. The molecule has 0 spiro atoms. The molecule has 0 amide bonds. The van der Waals surface area contributed by atoms with Gasteiger partial charge in [-0.25, -0.2) is 0 Å². The first-order valence-electron chi connectivity index (χ1n) is 4.95. The summed E-state index contributed by atoms with van der Waals surface area (Å²) in [6.07, 6.45) is -5.84. The van der Waals surface area contributed by atoms with Crippen molar-refractivity contribution in [1.82, 2.24) is 0 Å². The van der Waals surface area contributed by atoms with Crippen molar-refractivity contribution < 1.29 is 30.3 Å². The fourth-order valence-electron chi connectivity index (χ4n) is 0.950. The van der Waals surface area contributed by atoms with Gasteiger partial charge in [0.25, 0.3) is 0 Å². The van der Waals surface area contributed by atoms with E-state index in [1.807, 2.05) is 6.92 Å². The summed E-state index contributed by atoms with van der Waals surface area (Å²) < 4.78 is 4.90. The van der Waals surface area contributed by atoms with Gasteiger partial charge in [-0.2, -0.15) is 0 Å². The van der Waals surface area contributed by atoms with Crippen LogP contribution in [0.25, 0.3) is 0 Å². The maximum atomic E-state index is 9.46. The zero-order valence-corrected chi connectivity index (χ0v) is 9.80. The summed E-state index contributed by atoms with van der Waals surface area (Å²) in [6, 6.07) is 0. The van der Waals surface area contributed by atoms with Crippen molar-refractivity contribution in [1.29, 1.82) is 0 Å². The molecule has 0 saturated heterocycles. The number of hydrogen-bond donors (Lipinski definition) is 5. The maximum absolute atomic E-state index is 9.46. The Bertz CT molecular complexity index is 212. The van der Waals surface area contributed by atoms with Crippen LogP contribution >= 0.6 is 12.2 Å². The van der Waals surface area contributed by atoms with Gasteiger partial charge in [0.2, 0.25) is 0 Å². The lowest BCUT2D eigenvalue weighted by Gasteiger charge is -2.25. The Morgan fingerprint density at radius 2 is 1.75 bits per heavy atom. The lowest BCUT2D eigenvalue weighted by atomic mass is 10.0. The second kappa shape index (κ2) is 7.88. The van der Waals surface area contributed by atoms with E-state index in [9.17, 15) is 15.3 Å². The third-order valence-electron chi connectivity index (χ3n) is 1.94. The minimum atomic E-state index is -1.70. The minimum Gasteiger partial charge on any atom is -0.484 e. The van der Waals surface area contributed by atoms with Crippen LogP contribution in [0.5, 0.6) is 0 Å². The number of aliphatic hydroxyl groups excluding tert-OH is 5. The third-order valence-corrected chi connectivity index (χ3v) is 2.30. The fourth-order valence-corrected chi connectivity index (χ4v) is 1.17. The highest BCUT2D eigenvalue weighted by Gasteiger charge is 2.32. The van der Waals surface area contributed by atoms with Gasteiger partial charge in [0, 0.05) is 0 Å². The van der Waals surface area contributed by atoms with Crippen LogP contribution in [0.3, 0.4) is 0 Å². The minimum absolute atomic E-state index is 0.251. The van der Waals surface area contributed by atoms with Gasteiger partial charge in [-0.1, -0.05) is 6.92 Å². The average molecular weight is 254 g/mol. The Labute approximate surface area is 99.1 Å². The Morgan fingerprint density at radius 1 is 1.19 bits per heavy atom. The smallest absolute Gasteiger partial charge is 0.191 e. The number of aliphatic hydroxyl groups is 5. The van der Waals surface area contributed by atoms with Gasteiger partial charge in [0.05, 0.1) is 13.2 Å². The molecule has 0 heterocycles. The van der Waals surface area contributed by atoms with E-state index >= 15 is 0 Å². The molecule has 96 valence electrons. The van der Waals surface area contributed by atoms with Crippen LogP contribution in [-0.4, -0.2) is 68.2 Å². The van der Waals surface area contributed by atoms with Gasteiger partial charge >= 0.3 is 0 Å². The highest BCUT2D eigenvalue weighted by molar-refractivity contribution is 7.80. The van der Waals surface area contributed by atoms with Gasteiger partial charge in [-0.3, -0.25) is 0 Å². The first kappa shape index (κ1) is 15.7. The predicted molar refractivity (Wildman–Crippen MR) is 60.0 cm³/mol.